The lowest BCUT2D eigenvalue weighted by Crippen LogP contribution is -2.07. The van der Waals surface area contributed by atoms with Crippen molar-refractivity contribution >= 4 is 22.4 Å². The lowest BCUT2D eigenvalue weighted by Gasteiger charge is -2.07. The SMILES string of the molecule is CCNc1nnc(C2CCC(CC(=O)OC)C2)s1. The monoisotopic (exact) mass is 269 g/mol. The van der Waals surface area contributed by atoms with Crippen molar-refractivity contribution in [1.29, 1.82) is 0 Å². The summed E-state index contributed by atoms with van der Waals surface area (Å²) in [6.45, 7) is 2.91. The van der Waals surface area contributed by atoms with Crippen LogP contribution in [0.15, 0.2) is 0 Å². The van der Waals surface area contributed by atoms with E-state index in [9.17, 15) is 4.79 Å². The van der Waals surface area contributed by atoms with E-state index in [1.54, 1.807) is 11.3 Å². The largest absolute Gasteiger partial charge is 0.469 e. The molecule has 0 radical (unpaired) electrons. The maximum atomic E-state index is 11.2. The minimum Gasteiger partial charge on any atom is -0.469 e. The van der Waals surface area contributed by atoms with E-state index in [-0.39, 0.29) is 5.97 Å². The molecular weight excluding hydrogens is 250 g/mol. The van der Waals surface area contributed by atoms with Crippen LogP contribution in [0.3, 0.4) is 0 Å². The van der Waals surface area contributed by atoms with Crippen LogP contribution in [-0.2, 0) is 9.53 Å². The van der Waals surface area contributed by atoms with Crippen LogP contribution in [-0.4, -0.2) is 29.8 Å². The standard InChI is InChI=1S/C12H19N3O2S/c1-3-13-12-15-14-11(18-12)9-5-4-8(6-9)7-10(16)17-2/h8-9H,3-7H2,1-2H3,(H,13,15). The molecule has 1 aliphatic carbocycles. The number of nitrogens with zero attached hydrogens (tertiary/aromatic N) is 2. The van der Waals surface area contributed by atoms with Crippen molar-refractivity contribution in [3.05, 3.63) is 5.01 Å². The highest BCUT2D eigenvalue weighted by Gasteiger charge is 2.30. The normalized spacial score (nSPS) is 23.0. The van der Waals surface area contributed by atoms with Crippen molar-refractivity contribution in [3.63, 3.8) is 0 Å². The molecule has 1 aromatic rings. The molecular formula is C12H19N3O2S. The molecule has 1 aromatic heterocycles. The third-order valence-corrected chi connectivity index (χ3v) is 4.39. The molecule has 0 aliphatic heterocycles. The lowest BCUT2D eigenvalue weighted by atomic mass is 10.0. The predicted octanol–water partition coefficient (Wildman–Crippen LogP) is 2.42. The Bertz CT molecular complexity index is 408. The third-order valence-electron chi connectivity index (χ3n) is 3.34. The molecule has 18 heavy (non-hydrogen) atoms. The van der Waals surface area contributed by atoms with Crippen molar-refractivity contribution in [2.45, 2.75) is 38.5 Å². The van der Waals surface area contributed by atoms with Gasteiger partial charge >= 0.3 is 5.97 Å². The van der Waals surface area contributed by atoms with Gasteiger partial charge < -0.3 is 10.1 Å². The fourth-order valence-electron chi connectivity index (χ4n) is 2.43. The Morgan fingerprint density at radius 1 is 1.50 bits per heavy atom. The summed E-state index contributed by atoms with van der Waals surface area (Å²) in [6.07, 6.45) is 3.74. The van der Waals surface area contributed by atoms with Gasteiger partial charge in [-0.1, -0.05) is 11.3 Å². The Kier molecular flexibility index (Phi) is 4.52. The molecule has 1 saturated carbocycles. The van der Waals surface area contributed by atoms with Crippen LogP contribution in [0, 0.1) is 5.92 Å². The number of aromatic nitrogens is 2. The first-order valence-corrected chi connectivity index (χ1v) is 7.18. The summed E-state index contributed by atoms with van der Waals surface area (Å²) in [6, 6.07) is 0. The quantitative estimate of drug-likeness (QED) is 0.832. The summed E-state index contributed by atoms with van der Waals surface area (Å²) in [5.41, 5.74) is 0. The van der Waals surface area contributed by atoms with E-state index in [1.807, 2.05) is 6.92 Å². The number of hydrogen-bond donors (Lipinski definition) is 1. The van der Waals surface area contributed by atoms with Crippen molar-refractivity contribution < 1.29 is 9.53 Å². The Labute approximate surface area is 111 Å². The molecule has 100 valence electrons. The van der Waals surface area contributed by atoms with Crippen molar-refractivity contribution in [3.8, 4) is 0 Å². The van der Waals surface area contributed by atoms with Crippen molar-refractivity contribution in [2.24, 2.45) is 5.92 Å². The van der Waals surface area contributed by atoms with Crippen LogP contribution in [0.4, 0.5) is 5.13 Å². The summed E-state index contributed by atoms with van der Waals surface area (Å²) in [4.78, 5) is 11.2. The Morgan fingerprint density at radius 2 is 2.33 bits per heavy atom. The van der Waals surface area contributed by atoms with Gasteiger partial charge in [0.25, 0.3) is 0 Å². The average molecular weight is 269 g/mol. The van der Waals surface area contributed by atoms with Gasteiger partial charge in [0.05, 0.1) is 7.11 Å². The molecule has 2 rings (SSSR count). The minimum atomic E-state index is -0.105. The van der Waals surface area contributed by atoms with Gasteiger partial charge in [-0.2, -0.15) is 0 Å². The molecule has 0 amide bonds. The molecule has 2 atom stereocenters. The van der Waals surface area contributed by atoms with E-state index in [2.05, 4.69) is 15.5 Å². The van der Waals surface area contributed by atoms with Crippen molar-refractivity contribution in [2.75, 3.05) is 19.0 Å². The first-order chi connectivity index (χ1) is 8.72. The molecule has 5 nitrogen and oxygen atoms in total. The van der Waals surface area contributed by atoms with E-state index >= 15 is 0 Å². The average Bonchev–Trinajstić information content (AvgIpc) is 2.98. The van der Waals surface area contributed by atoms with Crippen molar-refractivity contribution in [1.82, 2.24) is 10.2 Å². The van der Waals surface area contributed by atoms with Gasteiger partial charge in [-0.05, 0) is 32.1 Å². The summed E-state index contributed by atoms with van der Waals surface area (Å²) in [5, 5.41) is 13.5. The molecule has 6 heteroatoms. The van der Waals surface area contributed by atoms with E-state index < -0.39 is 0 Å². The van der Waals surface area contributed by atoms with Gasteiger partial charge in [-0.3, -0.25) is 4.79 Å². The van der Waals surface area contributed by atoms with Gasteiger partial charge in [-0.15, -0.1) is 10.2 Å². The maximum Gasteiger partial charge on any atom is 0.305 e. The highest BCUT2D eigenvalue weighted by molar-refractivity contribution is 7.15. The van der Waals surface area contributed by atoms with Crippen LogP contribution >= 0.6 is 11.3 Å². The van der Waals surface area contributed by atoms with Crippen LogP contribution in [0.5, 0.6) is 0 Å². The zero-order valence-corrected chi connectivity index (χ0v) is 11.6. The fourth-order valence-corrected chi connectivity index (χ4v) is 3.38. The zero-order valence-electron chi connectivity index (χ0n) is 10.8. The Balaban J connectivity index is 1.89. The van der Waals surface area contributed by atoms with E-state index in [0.29, 0.717) is 18.3 Å². The van der Waals surface area contributed by atoms with Gasteiger partial charge in [0.15, 0.2) is 0 Å². The maximum absolute atomic E-state index is 11.2. The molecule has 1 fully saturated rings. The zero-order chi connectivity index (χ0) is 13.0. The van der Waals surface area contributed by atoms with E-state index in [4.69, 9.17) is 4.74 Å². The molecule has 1 heterocycles. The van der Waals surface area contributed by atoms with E-state index in [1.165, 1.54) is 7.11 Å². The number of ether oxygens (including phenoxy) is 1. The van der Waals surface area contributed by atoms with Crippen LogP contribution in [0.1, 0.15) is 43.5 Å². The number of rotatable bonds is 5. The first kappa shape index (κ1) is 13.3. The molecule has 0 spiro atoms. The highest BCUT2D eigenvalue weighted by Crippen LogP contribution is 2.41. The fraction of sp³-hybridized carbons (Fsp3) is 0.750. The smallest absolute Gasteiger partial charge is 0.305 e. The van der Waals surface area contributed by atoms with E-state index in [0.717, 1.165) is 35.9 Å². The molecule has 0 saturated heterocycles. The summed E-state index contributed by atoms with van der Waals surface area (Å²) in [5.74, 6) is 0.796. The molecule has 1 aliphatic rings. The minimum absolute atomic E-state index is 0.105. The lowest BCUT2D eigenvalue weighted by molar-refractivity contribution is -0.141. The first-order valence-electron chi connectivity index (χ1n) is 6.37. The summed E-state index contributed by atoms with van der Waals surface area (Å²) >= 11 is 1.63. The number of hydrogen-bond acceptors (Lipinski definition) is 6. The molecule has 0 aromatic carbocycles. The number of carbonyl (C=O) groups is 1. The second kappa shape index (κ2) is 6.13. The van der Waals surface area contributed by atoms with Crippen LogP contribution in [0.25, 0.3) is 0 Å². The second-order valence-corrected chi connectivity index (χ2v) is 5.64. The highest BCUT2D eigenvalue weighted by atomic mass is 32.1. The van der Waals surface area contributed by atoms with Gasteiger partial charge in [0.1, 0.15) is 5.01 Å². The predicted molar refractivity (Wildman–Crippen MR) is 70.8 cm³/mol. The Hall–Kier alpha value is -1.17. The molecule has 2 unspecified atom stereocenters. The summed E-state index contributed by atoms with van der Waals surface area (Å²) < 4.78 is 4.71. The van der Waals surface area contributed by atoms with Crippen LogP contribution < -0.4 is 5.32 Å². The molecule has 1 N–H and O–H groups in total. The van der Waals surface area contributed by atoms with Gasteiger partial charge in [0.2, 0.25) is 5.13 Å². The number of nitrogens with one attached hydrogen (secondary N) is 1. The van der Waals surface area contributed by atoms with Crippen LogP contribution in [0.2, 0.25) is 0 Å². The topological polar surface area (TPSA) is 64.1 Å². The number of esters is 1. The number of carbonyl (C=O) groups excluding carboxylic acids is 1. The second-order valence-electron chi connectivity index (χ2n) is 4.63. The van der Waals surface area contributed by atoms with Gasteiger partial charge in [0, 0.05) is 18.9 Å². The summed E-state index contributed by atoms with van der Waals surface area (Å²) in [7, 11) is 1.45. The number of anilines is 1. The molecule has 0 bridgehead atoms. The third kappa shape index (κ3) is 3.19. The Morgan fingerprint density at radius 3 is 3.06 bits per heavy atom. The number of methoxy groups -OCH3 is 1. The van der Waals surface area contributed by atoms with Gasteiger partial charge in [-0.25, -0.2) is 0 Å².